The van der Waals surface area contributed by atoms with Crippen LogP contribution in [0.3, 0.4) is 0 Å². The maximum absolute atomic E-state index is 13.1. The van der Waals surface area contributed by atoms with Crippen molar-refractivity contribution in [1.29, 1.82) is 0 Å². The van der Waals surface area contributed by atoms with Gasteiger partial charge in [-0.15, -0.1) is 5.10 Å². The average molecular weight is 475 g/mol. The lowest BCUT2D eigenvalue weighted by atomic mass is 9.97. The number of sulfonamides is 1. The summed E-state index contributed by atoms with van der Waals surface area (Å²) < 4.78 is 45.1. The summed E-state index contributed by atoms with van der Waals surface area (Å²) in [7, 11) is -3.78. The first kappa shape index (κ1) is 22.5. The van der Waals surface area contributed by atoms with Crippen molar-refractivity contribution in [2.75, 3.05) is 18.4 Å². The summed E-state index contributed by atoms with van der Waals surface area (Å²) in [5.74, 6) is -1.39. The Labute approximate surface area is 187 Å². The Kier molecular flexibility index (Phi) is 6.16. The third-order valence-electron chi connectivity index (χ3n) is 5.24. The van der Waals surface area contributed by atoms with Crippen LogP contribution in [-0.2, 0) is 14.8 Å². The topological polar surface area (TPSA) is 149 Å². The van der Waals surface area contributed by atoms with Gasteiger partial charge >= 0.3 is 6.01 Å². The normalized spacial score (nSPS) is 15.3. The van der Waals surface area contributed by atoms with Crippen LogP contribution in [0.5, 0.6) is 0 Å². The molecule has 0 atom stereocenters. The van der Waals surface area contributed by atoms with Crippen molar-refractivity contribution < 1.29 is 26.9 Å². The van der Waals surface area contributed by atoms with E-state index in [-0.39, 0.29) is 48.4 Å². The molecule has 2 aromatic carbocycles. The SMILES string of the molecule is O=C(Nc1nnc(-c2cccc([N+](=O)[O-])c2)o1)C1CCN(S(=O)(=O)c2ccc(F)cc2)CC1. The van der Waals surface area contributed by atoms with E-state index < -0.39 is 32.6 Å². The predicted molar refractivity (Wildman–Crippen MR) is 113 cm³/mol. The van der Waals surface area contributed by atoms with E-state index in [1.807, 2.05) is 0 Å². The summed E-state index contributed by atoms with van der Waals surface area (Å²) >= 11 is 0. The van der Waals surface area contributed by atoms with E-state index in [4.69, 9.17) is 4.42 Å². The Morgan fingerprint density at radius 1 is 1.15 bits per heavy atom. The number of piperidine rings is 1. The van der Waals surface area contributed by atoms with Gasteiger partial charge < -0.3 is 4.42 Å². The maximum atomic E-state index is 13.1. The average Bonchev–Trinajstić information content (AvgIpc) is 3.28. The minimum atomic E-state index is -3.78. The standard InChI is InChI=1S/C20H18FN5O6S/c21-15-4-6-17(7-5-15)33(30,31)25-10-8-13(9-11-25)18(27)22-20-24-23-19(32-20)14-2-1-3-16(12-14)26(28)29/h1-7,12-13H,8-11H2,(H,22,24,27). The van der Waals surface area contributed by atoms with E-state index in [9.17, 15) is 27.7 Å². The highest BCUT2D eigenvalue weighted by atomic mass is 32.2. The van der Waals surface area contributed by atoms with Crippen LogP contribution in [-0.4, -0.2) is 46.8 Å². The van der Waals surface area contributed by atoms with Crippen LogP contribution in [0.4, 0.5) is 16.1 Å². The lowest BCUT2D eigenvalue weighted by molar-refractivity contribution is -0.384. The van der Waals surface area contributed by atoms with Crippen molar-refractivity contribution >= 4 is 27.6 Å². The summed E-state index contributed by atoms with van der Waals surface area (Å²) in [6.07, 6.45) is 0.552. The van der Waals surface area contributed by atoms with Crippen LogP contribution in [0.15, 0.2) is 57.8 Å². The largest absolute Gasteiger partial charge is 0.403 e. The van der Waals surface area contributed by atoms with Gasteiger partial charge in [0.2, 0.25) is 21.8 Å². The van der Waals surface area contributed by atoms with Gasteiger partial charge in [-0.2, -0.15) is 4.31 Å². The smallest absolute Gasteiger partial charge is 0.322 e. The summed E-state index contributed by atoms with van der Waals surface area (Å²) in [5, 5.41) is 21.0. The number of anilines is 1. The van der Waals surface area contributed by atoms with Gasteiger partial charge in [0.25, 0.3) is 5.69 Å². The minimum Gasteiger partial charge on any atom is -0.403 e. The van der Waals surface area contributed by atoms with Gasteiger partial charge in [0.05, 0.1) is 9.82 Å². The molecule has 1 saturated heterocycles. The van der Waals surface area contributed by atoms with E-state index in [0.29, 0.717) is 5.56 Å². The summed E-state index contributed by atoms with van der Waals surface area (Å²) in [4.78, 5) is 22.9. The van der Waals surface area contributed by atoms with Gasteiger partial charge in [0.1, 0.15) is 5.82 Å². The highest BCUT2D eigenvalue weighted by Crippen LogP contribution is 2.27. The third-order valence-corrected chi connectivity index (χ3v) is 7.15. The number of carbonyl (C=O) groups is 1. The fourth-order valence-electron chi connectivity index (χ4n) is 3.46. The van der Waals surface area contributed by atoms with E-state index in [1.54, 1.807) is 6.07 Å². The molecule has 33 heavy (non-hydrogen) atoms. The summed E-state index contributed by atoms with van der Waals surface area (Å²) in [5.41, 5.74) is 0.190. The molecule has 0 radical (unpaired) electrons. The molecule has 1 aromatic heterocycles. The molecule has 0 unspecified atom stereocenters. The molecule has 11 nitrogen and oxygen atoms in total. The van der Waals surface area contributed by atoms with Crippen molar-refractivity contribution in [3.05, 3.63) is 64.5 Å². The number of nitro groups is 1. The second-order valence-corrected chi connectivity index (χ2v) is 9.28. The van der Waals surface area contributed by atoms with Crippen LogP contribution in [0.25, 0.3) is 11.5 Å². The molecule has 1 fully saturated rings. The number of nitrogens with zero attached hydrogens (tertiary/aromatic N) is 4. The van der Waals surface area contributed by atoms with E-state index in [1.165, 1.54) is 34.6 Å². The number of rotatable bonds is 6. The Bertz CT molecular complexity index is 1290. The number of aromatic nitrogens is 2. The Hall–Kier alpha value is -3.71. The Morgan fingerprint density at radius 2 is 1.85 bits per heavy atom. The van der Waals surface area contributed by atoms with Gasteiger partial charge in [-0.05, 0) is 43.2 Å². The fraction of sp³-hybridized carbons (Fsp3) is 0.250. The molecule has 0 bridgehead atoms. The quantitative estimate of drug-likeness (QED) is 0.423. The van der Waals surface area contributed by atoms with E-state index in [0.717, 1.165) is 12.1 Å². The number of nitro benzene ring substituents is 1. The fourth-order valence-corrected chi connectivity index (χ4v) is 4.93. The molecule has 4 rings (SSSR count). The predicted octanol–water partition coefficient (Wildman–Crippen LogP) is 2.82. The van der Waals surface area contributed by atoms with E-state index >= 15 is 0 Å². The number of hydrogen-bond acceptors (Lipinski definition) is 8. The Balaban J connectivity index is 1.37. The van der Waals surface area contributed by atoms with Crippen molar-refractivity contribution in [3.8, 4) is 11.5 Å². The van der Waals surface area contributed by atoms with Crippen molar-refractivity contribution in [3.63, 3.8) is 0 Å². The monoisotopic (exact) mass is 475 g/mol. The molecule has 0 saturated carbocycles. The summed E-state index contributed by atoms with van der Waals surface area (Å²) in [6, 6.07) is 10.0. The first-order valence-electron chi connectivity index (χ1n) is 9.89. The van der Waals surface area contributed by atoms with Crippen LogP contribution < -0.4 is 5.32 Å². The van der Waals surface area contributed by atoms with Crippen LogP contribution in [0, 0.1) is 21.8 Å². The number of amides is 1. The molecule has 1 aliphatic heterocycles. The molecule has 2 heterocycles. The first-order valence-corrected chi connectivity index (χ1v) is 11.3. The number of halogens is 1. The van der Waals surface area contributed by atoms with Gasteiger partial charge in [-0.1, -0.05) is 11.2 Å². The molecule has 0 spiro atoms. The molecule has 1 amide bonds. The third kappa shape index (κ3) is 4.88. The number of hydrogen-bond donors (Lipinski definition) is 1. The second-order valence-electron chi connectivity index (χ2n) is 7.34. The maximum Gasteiger partial charge on any atom is 0.322 e. The molecule has 0 aliphatic carbocycles. The van der Waals surface area contributed by atoms with Gasteiger partial charge in [-0.3, -0.25) is 20.2 Å². The highest BCUT2D eigenvalue weighted by molar-refractivity contribution is 7.89. The number of nitrogens with one attached hydrogen (secondary N) is 1. The molecule has 172 valence electrons. The molecular weight excluding hydrogens is 457 g/mol. The molecule has 3 aromatic rings. The van der Waals surface area contributed by atoms with Crippen molar-refractivity contribution in [2.24, 2.45) is 5.92 Å². The molecule has 1 aliphatic rings. The lowest BCUT2D eigenvalue weighted by Gasteiger charge is -2.30. The second kappa shape index (κ2) is 9.03. The number of benzene rings is 2. The zero-order valence-corrected chi connectivity index (χ0v) is 17.9. The van der Waals surface area contributed by atoms with Crippen molar-refractivity contribution in [1.82, 2.24) is 14.5 Å². The van der Waals surface area contributed by atoms with Gasteiger partial charge in [0, 0.05) is 36.7 Å². The van der Waals surface area contributed by atoms with E-state index in [2.05, 4.69) is 15.5 Å². The van der Waals surface area contributed by atoms with Crippen LogP contribution >= 0.6 is 0 Å². The molecular formula is C20H18FN5O6S. The lowest BCUT2D eigenvalue weighted by Crippen LogP contribution is -2.41. The van der Waals surface area contributed by atoms with Gasteiger partial charge in [0.15, 0.2) is 0 Å². The van der Waals surface area contributed by atoms with Gasteiger partial charge in [-0.25, -0.2) is 12.8 Å². The Morgan fingerprint density at radius 3 is 2.52 bits per heavy atom. The minimum absolute atomic E-state index is 0.00802. The summed E-state index contributed by atoms with van der Waals surface area (Å²) in [6.45, 7) is 0.251. The molecule has 13 heteroatoms. The zero-order valence-electron chi connectivity index (χ0n) is 17.0. The van der Waals surface area contributed by atoms with Crippen LogP contribution in [0.2, 0.25) is 0 Å². The van der Waals surface area contributed by atoms with Crippen LogP contribution in [0.1, 0.15) is 12.8 Å². The zero-order chi connectivity index (χ0) is 23.6. The first-order chi connectivity index (χ1) is 15.7. The van der Waals surface area contributed by atoms with Crippen molar-refractivity contribution in [2.45, 2.75) is 17.7 Å². The molecule has 1 N–H and O–H groups in total. The number of carbonyl (C=O) groups excluding carboxylic acids is 1. The highest BCUT2D eigenvalue weighted by Gasteiger charge is 2.32. The number of non-ortho nitro benzene ring substituents is 1.